The summed E-state index contributed by atoms with van der Waals surface area (Å²) < 4.78 is 32.0. The second kappa shape index (κ2) is 9.54. The smallest absolute Gasteiger partial charge is 0.264 e. The van der Waals surface area contributed by atoms with Gasteiger partial charge in [0.25, 0.3) is 10.0 Å². The summed E-state index contributed by atoms with van der Waals surface area (Å²) in [5.41, 5.74) is 0.992. The molecule has 1 aliphatic rings. The number of benzene rings is 1. The quantitative estimate of drug-likeness (QED) is 0.489. The van der Waals surface area contributed by atoms with Crippen molar-refractivity contribution in [1.82, 2.24) is 9.21 Å². The summed E-state index contributed by atoms with van der Waals surface area (Å²) in [6.45, 7) is 7.42. The lowest BCUT2D eigenvalue weighted by atomic mass is 10.2. The standard InChI is InChI=1S/C19H26N2O4S/c1-3-11-21(26(23,24)18-9-7-17(2)8-10-18)14-6-15-25-16-19(22)20-12-4-5-13-20/h3,6-10,14H,1,4-5,11-13,15-16H2,2H3/b14-6+. The van der Waals surface area contributed by atoms with E-state index in [9.17, 15) is 13.2 Å². The molecule has 0 N–H and O–H groups in total. The third kappa shape index (κ3) is 5.44. The number of sulfonamides is 1. The van der Waals surface area contributed by atoms with Crippen LogP contribution in [0.1, 0.15) is 18.4 Å². The molecule has 7 heteroatoms. The topological polar surface area (TPSA) is 66.9 Å². The number of nitrogens with zero attached hydrogens (tertiary/aromatic N) is 2. The van der Waals surface area contributed by atoms with Crippen LogP contribution >= 0.6 is 0 Å². The van der Waals surface area contributed by atoms with Gasteiger partial charge < -0.3 is 9.64 Å². The summed E-state index contributed by atoms with van der Waals surface area (Å²) in [5.74, 6) is -0.0221. The van der Waals surface area contributed by atoms with Crippen LogP contribution in [0.25, 0.3) is 0 Å². The van der Waals surface area contributed by atoms with Crippen LogP contribution in [-0.2, 0) is 19.6 Å². The molecule has 0 atom stereocenters. The molecule has 0 bridgehead atoms. The molecule has 0 unspecified atom stereocenters. The molecule has 1 aromatic carbocycles. The molecule has 0 spiro atoms. The predicted molar refractivity (Wildman–Crippen MR) is 101 cm³/mol. The zero-order valence-electron chi connectivity index (χ0n) is 15.1. The minimum Gasteiger partial charge on any atom is -0.368 e. The van der Waals surface area contributed by atoms with Crippen LogP contribution in [0.4, 0.5) is 0 Å². The molecule has 0 aliphatic carbocycles. The summed E-state index contributed by atoms with van der Waals surface area (Å²) in [6, 6.07) is 6.69. The number of likely N-dealkylation sites (tertiary alicyclic amines) is 1. The Labute approximate surface area is 155 Å². The van der Waals surface area contributed by atoms with Crippen LogP contribution in [0.5, 0.6) is 0 Å². The molecule has 1 heterocycles. The van der Waals surface area contributed by atoms with Gasteiger partial charge in [-0.15, -0.1) is 6.58 Å². The molecular weight excluding hydrogens is 352 g/mol. The maximum atomic E-state index is 12.7. The Kier molecular flexibility index (Phi) is 7.41. The molecule has 142 valence electrons. The third-order valence-electron chi connectivity index (χ3n) is 4.11. The fourth-order valence-corrected chi connectivity index (χ4v) is 3.94. The van der Waals surface area contributed by atoms with E-state index in [-0.39, 0.29) is 30.6 Å². The predicted octanol–water partition coefficient (Wildman–Crippen LogP) is 2.32. The number of aryl methyl sites for hydroxylation is 1. The molecule has 1 aromatic rings. The number of hydrogen-bond donors (Lipinski definition) is 0. The lowest BCUT2D eigenvalue weighted by molar-refractivity contribution is -0.134. The van der Waals surface area contributed by atoms with Crippen molar-refractivity contribution in [1.29, 1.82) is 0 Å². The molecule has 1 aliphatic heterocycles. The number of ether oxygens (including phenoxy) is 1. The van der Waals surface area contributed by atoms with Crippen LogP contribution in [0.15, 0.2) is 54.1 Å². The second-order valence-corrected chi connectivity index (χ2v) is 8.05. The summed E-state index contributed by atoms with van der Waals surface area (Å²) in [4.78, 5) is 13.9. The lowest BCUT2D eigenvalue weighted by Gasteiger charge is -2.19. The van der Waals surface area contributed by atoms with E-state index in [4.69, 9.17) is 4.74 Å². The Bertz CT molecular complexity index is 735. The first kappa shape index (κ1) is 20.2. The van der Waals surface area contributed by atoms with E-state index < -0.39 is 10.0 Å². The summed E-state index contributed by atoms with van der Waals surface area (Å²) >= 11 is 0. The van der Waals surface area contributed by atoms with Crippen LogP contribution in [-0.4, -0.2) is 56.4 Å². The highest BCUT2D eigenvalue weighted by Gasteiger charge is 2.20. The average Bonchev–Trinajstić information content (AvgIpc) is 3.15. The number of carbonyl (C=O) groups excluding carboxylic acids is 1. The van der Waals surface area contributed by atoms with Gasteiger partial charge >= 0.3 is 0 Å². The second-order valence-electron chi connectivity index (χ2n) is 6.16. The molecule has 2 rings (SSSR count). The fraction of sp³-hybridized carbons (Fsp3) is 0.421. The first-order valence-electron chi connectivity index (χ1n) is 8.66. The van der Waals surface area contributed by atoms with Gasteiger partial charge in [-0.05, 0) is 38.0 Å². The SMILES string of the molecule is C=CCN(/C=C/COCC(=O)N1CCCC1)S(=O)(=O)c1ccc(C)cc1. The maximum absolute atomic E-state index is 12.7. The van der Waals surface area contributed by atoms with Gasteiger partial charge in [0.15, 0.2) is 0 Å². The van der Waals surface area contributed by atoms with Crippen molar-refractivity contribution < 1.29 is 17.9 Å². The summed E-state index contributed by atoms with van der Waals surface area (Å²) in [7, 11) is -3.65. The van der Waals surface area contributed by atoms with E-state index in [1.54, 1.807) is 35.2 Å². The van der Waals surface area contributed by atoms with Crippen molar-refractivity contribution in [3.63, 3.8) is 0 Å². The van der Waals surface area contributed by atoms with Gasteiger partial charge in [-0.3, -0.25) is 9.10 Å². The summed E-state index contributed by atoms with van der Waals surface area (Å²) in [5, 5.41) is 0. The molecule has 0 radical (unpaired) electrons. The van der Waals surface area contributed by atoms with Crippen LogP contribution in [0, 0.1) is 6.92 Å². The van der Waals surface area contributed by atoms with Gasteiger partial charge in [0.05, 0.1) is 18.0 Å². The van der Waals surface area contributed by atoms with Crippen LogP contribution in [0.2, 0.25) is 0 Å². The Morgan fingerprint density at radius 2 is 1.92 bits per heavy atom. The highest BCUT2D eigenvalue weighted by molar-refractivity contribution is 7.89. The van der Waals surface area contributed by atoms with Crippen molar-refractivity contribution in [3.05, 3.63) is 54.8 Å². The van der Waals surface area contributed by atoms with Crippen LogP contribution < -0.4 is 0 Å². The zero-order valence-corrected chi connectivity index (χ0v) is 16.0. The molecule has 0 saturated carbocycles. The average molecular weight is 378 g/mol. The van der Waals surface area contributed by atoms with E-state index >= 15 is 0 Å². The van der Waals surface area contributed by atoms with Gasteiger partial charge in [-0.2, -0.15) is 0 Å². The molecular formula is C19H26N2O4S. The molecule has 26 heavy (non-hydrogen) atoms. The Morgan fingerprint density at radius 1 is 1.27 bits per heavy atom. The normalized spacial score (nSPS) is 14.7. The van der Waals surface area contributed by atoms with Gasteiger partial charge in [-0.1, -0.05) is 23.8 Å². The van der Waals surface area contributed by atoms with Crippen LogP contribution in [0.3, 0.4) is 0 Å². The van der Waals surface area contributed by atoms with E-state index in [1.165, 1.54) is 16.6 Å². The van der Waals surface area contributed by atoms with Crippen molar-refractivity contribution in [2.24, 2.45) is 0 Å². The lowest BCUT2D eigenvalue weighted by Crippen LogP contribution is -2.31. The minimum atomic E-state index is -3.65. The van der Waals surface area contributed by atoms with Gasteiger partial charge in [-0.25, -0.2) is 8.42 Å². The Balaban J connectivity index is 1.92. The Hall–Kier alpha value is -2.12. The van der Waals surface area contributed by atoms with E-state index in [0.29, 0.717) is 0 Å². The number of rotatable bonds is 9. The van der Waals surface area contributed by atoms with Crippen molar-refractivity contribution in [2.45, 2.75) is 24.7 Å². The van der Waals surface area contributed by atoms with Crippen molar-refractivity contribution >= 4 is 15.9 Å². The molecule has 6 nitrogen and oxygen atoms in total. The zero-order chi connectivity index (χ0) is 19.0. The van der Waals surface area contributed by atoms with E-state index in [0.717, 1.165) is 31.5 Å². The van der Waals surface area contributed by atoms with Gasteiger partial charge in [0.2, 0.25) is 5.91 Å². The molecule has 1 amide bonds. The summed E-state index contributed by atoms with van der Waals surface area (Å²) in [6.07, 6.45) is 6.65. The number of hydrogen-bond acceptors (Lipinski definition) is 4. The molecule has 1 fully saturated rings. The van der Waals surface area contributed by atoms with Gasteiger partial charge in [0.1, 0.15) is 6.61 Å². The third-order valence-corrected chi connectivity index (χ3v) is 5.86. The van der Waals surface area contributed by atoms with E-state index in [2.05, 4.69) is 6.58 Å². The monoisotopic (exact) mass is 378 g/mol. The first-order chi connectivity index (χ1) is 12.4. The first-order valence-corrected chi connectivity index (χ1v) is 10.1. The maximum Gasteiger partial charge on any atom is 0.264 e. The van der Waals surface area contributed by atoms with Crippen molar-refractivity contribution in [2.75, 3.05) is 32.8 Å². The molecule has 1 saturated heterocycles. The fourth-order valence-electron chi connectivity index (χ4n) is 2.64. The largest absolute Gasteiger partial charge is 0.368 e. The Morgan fingerprint density at radius 3 is 2.54 bits per heavy atom. The number of carbonyl (C=O) groups is 1. The highest BCUT2D eigenvalue weighted by Crippen LogP contribution is 2.16. The van der Waals surface area contributed by atoms with Crippen molar-refractivity contribution in [3.8, 4) is 0 Å². The van der Waals surface area contributed by atoms with Gasteiger partial charge in [0, 0.05) is 19.3 Å². The minimum absolute atomic E-state index is 0.0104. The molecule has 0 aromatic heterocycles. The highest BCUT2D eigenvalue weighted by atomic mass is 32.2. The van der Waals surface area contributed by atoms with E-state index in [1.807, 2.05) is 6.92 Å². The number of amides is 1.